The molecule has 0 aromatic heterocycles. The Hall–Kier alpha value is -1.59. The first-order chi connectivity index (χ1) is 7.26. The molecular weight excluding hydrogens is 212 g/mol. The van der Waals surface area contributed by atoms with Crippen LogP contribution in [-0.4, -0.2) is 29.9 Å². The maximum Gasteiger partial charge on any atom is 0.329 e. The number of hydrogen-bond acceptors (Lipinski definition) is 4. The van der Waals surface area contributed by atoms with Crippen molar-refractivity contribution in [2.24, 2.45) is 5.73 Å². The Kier molecular flexibility index (Phi) is 5.49. The average molecular weight is 230 g/mol. The van der Waals surface area contributed by atoms with Crippen LogP contribution in [0, 0.1) is 0 Å². The van der Waals surface area contributed by atoms with Gasteiger partial charge in [0.25, 0.3) is 0 Å². The van der Waals surface area contributed by atoms with Gasteiger partial charge in [-0.25, -0.2) is 4.79 Å². The van der Waals surface area contributed by atoms with Crippen molar-refractivity contribution in [2.75, 3.05) is 0 Å². The van der Waals surface area contributed by atoms with Crippen molar-refractivity contribution < 1.29 is 19.1 Å². The Labute approximate surface area is 94.5 Å². The molecule has 6 nitrogen and oxygen atoms in total. The van der Waals surface area contributed by atoms with Gasteiger partial charge in [-0.3, -0.25) is 9.59 Å². The van der Waals surface area contributed by atoms with Crippen molar-refractivity contribution in [3.05, 3.63) is 0 Å². The number of carbonyl (C=O) groups excluding carboxylic acids is 3. The van der Waals surface area contributed by atoms with Crippen molar-refractivity contribution >= 4 is 18.3 Å². The molecule has 0 bridgehead atoms. The normalized spacial score (nSPS) is 12.7. The standard InChI is InChI=1S/C10H18N2O4/c1-10(2,3)16-9(15)7(12-6-13)4-5-8(11)14/h6-7H,4-5H2,1-3H3,(H2,11,14)(H,12,13)/t7-/m0/s1. The van der Waals surface area contributed by atoms with Gasteiger partial charge in [-0.1, -0.05) is 0 Å². The minimum Gasteiger partial charge on any atom is -0.458 e. The number of primary amides is 1. The molecule has 2 amide bonds. The second-order valence-electron chi connectivity index (χ2n) is 4.38. The summed E-state index contributed by atoms with van der Waals surface area (Å²) >= 11 is 0. The smallest absolute Gasteiger partial charge is 0.329 e. The number of carbonyl (C=O) groups is 3. The highest BCUT2D eigenvalue weighted by Gasteiger charge is 2.24. The van der Waals surface area contributed by atoms with Gasteiger partial charge in [-0.15, -0.1) is 0 Å². The Morgan fingerprint density at radius 1 is 1.44 bits per heavy atom. The van der Waals surface area contributed by atoms with Gasteiger partial charge in [0.2, 0.25) is 12.3 Å². The largest absolute Gasteiger partial charge is 0.458 e. The molecule has 0 saturated heterocycles. The van der Waals surface area contributed by atoms with Crippen molar-refractivity contribution in [2.45, 2.75) is 45.3 Å². The number of rotatable bonds is 6. The van der Waals surface area contributed by atoms with E-state index in [9.17, 15) is 14.4 Å². The van der Waals surface area contributed by atoms with E-state index in [1.54, 1.807) is 20.8 Å². The first kappa shape index (κ1) is 14.4. The fourth-order valence-electron chi connectivity index (χ4n) is 1.01. The SMILES string of the molecule is CC(C)(C)OC(=O)[C@H](CCC(N)=O)NC=O. The van der Waals surface area contributed by atoms with E-state index in [2.05, 4.69) is 5.32 Å². The third-order valence-electron chi connectivity index (χ3n) is 1.64. The zero-order valence-electron chi connectivity index (χ0n) is 9.78. The van der Waals surface area contributed by atoms with E-state index >= 15 is 0 Å². The third kappa shape index (κ3) is 6.80. The van der Waals surface area contributed by atoms with E-state index in [4.69, 9.17) is 10.5 Å². The molecule has 0 fully saturated rings. The molecule has 0 heterocycles. The monoisotopic (exact) mass is 230 g/mol. The van der Waals surface area contributed by atoms with Gasteiger partial charge >= 0.3 is 5.97 Å². The Morgan fingerprint density at radius 3 is 2.38 bits per heavy atom. The van der Waals surface area contributed by atoms with Gasteiger partial charge in [0.15, 0.2) is 0 Å². The number of nitrogens with one attached hydrogen (secondary N) is 1. The van der Waals surface area contributed by atoms with Crippen molar-refractivity contribution in [3.63, 3.8) is 0 Å². The van der Waals surface area contributed by atoms with Gasteiger partial charge in [0.05, 0.1) is 0 Å². The molecule has 0 unspecified atom stereocenters. The fraction of sp³-hybridized carbons (Fsp3) is 0.700. The topological polar surface area (TPSA) is 98.5 Å². The van der Waals surface area contributed by atoms with Gasteiger partial charge < -0.3 is 15.8 Å². The highest BCUT2D eigenvalue weighted by atomic mass is 16.6. The molecule has 3 N–H and O–H groups in total. The van der Waals surface area contributed by atoms with Crippen LogP contribution in [0.1, 0.15) is 33.6 Å². The van der Waals surface area contributed by atoms with Crippen LogP contribution in [0.3, 0.4) is 0 Å². The minimum atomic E-state index is -0.829. The summed E-state index contributed by atoms with van der Waals surface area (Å²) in [4.78, 5) is 32.4. The Morgan fingerprint density at radius 2 is 2.00 bits per heavy atom. The summed E-state index contributed by atoms with van der Waals surface area (Å²) in [5, 5.41) is 2.30. The number of amides is 2. The van der Waals surface area contributed by atoms with E-state index in [0.29, 0.717) is 6.41 Å². The fourth-order valence-corrected chi connectivity index (χ4v) is 1.01. The third-order valence-corrected chi connectivity index (χ3v) is 1.64. The average Bonchev–Trinajstić information content (AvgIpc) is 2.08. The predicted octanol–water partition coefficient (Wildman–Crippen LogP) is -0.292. The molecule has 1 atom stereocenters. The van der Waals surface area contributed by atoms with E-state index < -0.39 is 23.5 Å². The summed E-state index contributed by atoms with van der Waals surface area (Å²) in [7, 11) is 0. The molecule has 0 saturated carbocycles. The maximum atomic E-state index is 11.6. The van der Waals surface area contributed by atoms with E-state index in [0.717, 1.165) is 0 Å². The van der Waals surface area contributed by atoms with Crippen molar-refractivity contribution in [1.82, 2.24) is 5.32 Å². The predicted molar refractivity (Wildman–Crippen MR) is 57.3 cm³/mol. The first-order valence-electron chi connectivity index (χ1n) is 4.97. The molecule has 0 radical (unpaired) electrons. The number of esters is 1. The molecule has 0 aromatic carbocycles. The van der Waals surface area contributed by atoms with Crippen LogP contribution in [0.4, 0.5) is 0 Å². The quantitative estimate of drug-likeness (QED) is 0.483. The van der Waals surface area contributed by atoms with Crippen LogP contribution in [0.25, 0.3) is 0 Å². The van der Waals surface area contributed by atoms with Gasteiger partial charge in [0.1, 0.15) is 11.6 Å². The molecule has 0 aromatic rings. The van der Waals surface area contributed by atoms with Gasteiger partial charge in [-0.05, 0) is 27.2 Å². The number of ether oxygens (including phenoxy) is 1. The lowest BCUT2D eigenvalue weighted by Gasteiger charge is -2.23. The molecule has 6 heteroatoms. The van der Waals surface area contributed by atoms with Gasteiger partial charge in [-0.2, -0.15) is 0 Å². The van der Waals surface area contributed by atoms with Crippen LogP contribution >= 0.6 is 0 Å². The molecule has 16 heavy (non-hydrogen) atoms. The van der Waals surface area contributed by atoms with Crippen LogP contribution in [-0.2, 0) is 19.1 Å². The van der Waals surface area contributed by atoms with E-state index in [1.807, 2.05) is 0 Å². The summed E-state index contributed by atoms with van der Waals surface area (Å²) in [6.07, 6.45) is 0.559. The molecule has 0 aliphatic rings. The summed E-state index contributed by atoms with van der Waals surface area (Å²) in [5.74, 6) is -1.10. The number of hydrogen-bond donors (Lipinski definition) is 2. The van der Waals surface area contributed by atoms with Crippen LogP contribution in [0.5, 0.6) is 0 Å². The van der Waals surface area contributed by atoms with E-state index in [1.165, 1.54) is 0 Å². The van der Waals surface area contributed by atoms with Crippen LogP contribution in [0.15, 0.2) is 0 Å². The second kappa shape index (κ2) is 6.09. The Balaban J connectivity index is 4.34. The lowest BCUT2D eigenvalue weighted by Crippen LogP contribution is -2.41. The summed E-state index contributed by atoms with van der Waals surface area (Å²) in [6.45, 7) is 5.16. The van der Waals surface area contributed by atoms with Crippen molar-refractivity contribution in [1.29, 1.82) is 0 Å². The molecule has 0 spiro atoms. The van der Waals surface area contributed by atoms with Crippen molar-refractivity contribution in [3.8, 4) is 0 Å². The highest BCUT2D eigenvalue weighted by molar-refractivity contribution is 5.80. The minimum absolute atomic E-state index is 0.0186. The van der Waals surface area contributed by atoms with Gasteiger partial charge in [0, 0.05) is 6.42 Å². The molecule has 0 aliphatic carbocycles. The summed E-state index contributed by atoms with van der Waals surface area (Å²) < 4.78 is 5.07. The zero-order valence-corrected chi connectivity index (χ0v) is 9.78. The van der Waals surface area contributed by atoms with Crippen LogP contribution in [0.2, 0.25) is 0 Å². The highest BCUT2D eigenvalue weighted by Crippen LogP contribution is 2.10. The summed E-state index contributed by atoms with van der Waals surface area (Å²) in [5.41, 5.74) is 4.32. The lowest BCUT2D eigenvalue weighted by molar-refractivity contribution is -0.158. The molecular formula is C10H18N2O4. The molecule has 0 rings (SSSR count). The summed E-state index contributed by atoms with van der Waals surface area (Å²) in [6, 6.07) is -0.829. The molecule has 92 valence electrons. The molecule has 0 aliphatic heterocycles. The van der Waals surface area contributed by atoms with Crippen LogP contribution < -0.4 is 11.1 Å². The second-order valence-corrected chi connectivity index (χ2v) is 4.38. The zero-order chi connectivity index (χ0) is 12.8. The first-order valence-corrected chi connectivity index (χ1v) is 4.97. The lowest BCUT2D eigenvalue weighted by atomic mass is 10.1. The maximum absolute atomic E-state index is 11.6. The number of nitrogens with two attached hydrogens (primary N) is 1. The Bertz CT molecular complexity index is 270. The van der Waals surface area contributed by atoms with E-state index in [-0.39, 0.29) is 12.8 Å².